The third-order valence-electron chi connectivity index (χ3n) is 4.74. The van der Waals surface area contributed by atoms with Gasteiger partial charge in [-0.15, -0.1) is 0 Å². The molecule has 108 valence electrons. The van der Waals surface area contributed by atoms with Crippen LogP contribution in [0.5, 0.6) is 0 Å². The van der Waals surface area contributed by atoms with Crippen molar-refractivity contribution in [3.05, 3.63) is 18.0 Å². The first kappa shape index (κ1) is 14.6. The highest BCUT2D eigenvalue weighted by atomic mass is 16.3. The smallest absolute Gasteiger partial charge is 0.0651 e. The fraction of sp³-hybridized carbons (Fsp3) is 0.812. The van der Waals surface area contributed by atoms with Crippen molar-refractivity contribution in [3.8, 4) is 0 Å². The van der Waals surface area contributed by atoms with Gasteiger partial charge in [-0.1, -0.05) is 32.6 Å². The molecule has 2 unspecified atom stereocenters. The average molecular weight is 264 g/mol. The molecule has 3 heteroatoms. The molecule has 3 nitrogen and oxygen atoms in total. The van der Waals surface area contributed by atoms with E-state index in [2.05, 4.69) is 18.1 Å². The van der Waals surface area contributed by atoms with Crippen LogP contribution in [0, 0.1) is 5.92 Å². The molecule has 0 amide bonds. The van der Waals surface area contributed by atoms with E-state index in [1.807, 2.05) is 17.9 Å². The van der Waals surface area contributed by atoms with Gasteiger partial charge in [0.25, 0.3) is 0 Å². The predicted octanol–water partition coefficient (Wildman–Crippen LogP) is 3.46. The Bertz CT molecular complexity index is 388. The summed E-state index contributed by atoms with van der Waals surface area (Å²) >= 11 is 0. The normalized spacial score (nSPS) is 28.3. The van der Waals surface area contributed by atoms with Crippen LogP contribution in [0.3, 0.4) is 0 Å². The SMILES string of the molecule is CCCC1CCCC(O)(CCc2ccnn2C)CC1. The molecule has 1 N–H and O–H groups in total. The van der Waals surface area contributed by atoms with Crippen LogP contribution in [-0.2, 0) is 13.5 Å². The lowest BCUT2D eigenvalue weighted by Crippen LogP contribution is -2.28. The zero-order valence-electron chi connectivity index (χ0n) is 12.4. The Kier molecular flexibility index (Phi) is 5.03. The highest BCUT2D eigenvalue weighted by Gasteiger charge is 2.30. The van der Waals surface area contributed by atoms with Crippen molar-refractivity contribution in [2.24, 2.45) is 13.0 Å². The van der Waals surface area contributed by atoms with Gasteiger partial charge in [0.15, 0.2) is 0 Å². The van der Waals surface area contributed by atoms with Crippen LogP contribution in [0.4, 0.5) is 0 Å². The van der Waals surface area contributed by atoms with E-state index in [4.69, 9.17) is 0 Å². The van der Waals surface area contributed by atoms with E-state index in [-0.39, 0.29) is 0 Å². The summed E-state index contributed by atoms with van der Waals surface area (Å²) in [7, 11) is 1.98. The zero-order valence-corrected chi connectivity index (χ0v) is 12.4. The van der Waals surface area contributed by atoms with E-state index in [1.54, 1.807) is 0 Å². The molecule has 0 saturated heterocycles. The molecule has 19 heavy (non-hydrogen) atoms. The topological polar surface area (TPSA) is 38.1 Å². The first-order chi connectivity index (χ1) is 9.13. The summed E-state index contributed by atoms with van der Waals surface area (Å²) < 4.78 is 1.92. The maximum absolute atomic E-state index is 10.8. The number of hydrogen-bond donors (Lipinski definition) is 1. The molecule has 1 saturated carbocycles. The molecule has 0 spiro atoms. The molecule has 0 aliphatic heterocycles. The molecule has 1 heterocycles. The fourth-order valence-corrected chi connectivity index (χ4v) is 3.42. The van der Waals surface area contributed by atoms with E-state index in [0.29, 0.717) is 0 Å². The van der Waals surface area contributed by atoms with Crippen LogP contribution in [0.1, 0.15) is 64.0 Å². The molecule has 2 atom stereocenters. The summed E-state index contributed by atoms with van der Waals surface area (Å²) in [6.45, 7) is 2.26. The summed E-state index contributed by atoms with van der Waals surface area (Å²) in [5.74, 6) is 0.843. The van der Waals surface area contributed by atoms with Crippen molar-refractivity contribution >= 4 is 0 Å². The Morgan fingerprint density at radius 1 is 1.42 bits per heavy atom. The van der Waals surface area contributed by atoms with Gasteiger partial charge in [-0.3, -0.25) is 4.68 Å². The first-order valence-electron chi connectivity index (χ1n) is 7.82. The highest BCUT2D eigenvalue weighted by Crippen LogP contribution is 2.35. The van der Waals surface area contributed by atoms with E-state index < -0.39 is 5.60 Å². The Balaban J connectivity index is 1.86. The summed E-state index contributed by atoms with van der Waals surface area (Å²) in [4.78, 5) is 0. The van der Waals surface area contributed by atoms with Crippen molar-refractivity contribution in [3.63, 3.8) is 0 Å². The minimum absolute atomic E-state index is 0.438. The second-order valence-electron chi connectivity index (χ2n) is 6.26. The van der Waals surface area contributed by atoms with Gasteiger partial charge in [0.2, 0.25) is 0 Å². The lowest BCUT2D eigenvalue weighted by Gasteiger charge is -2.26. The third kappa shape index (κ3) is 4.07. The van der Waals surface area contributed by atoms with Crippen molar-refractivity contribution in [1.29, 1.82) is 0 Å². The van der Waals surface area contributed by atoms with Crippen LogP contribution in [0.15, 0.2) is 12.3 Å². The Hall–Kier alpha value is -0.830. The number of nitrogens with zero attached hydrogens (tertiary/aromatic N) is 2. The van der Waals surface area contributed by atoms with Gasteiger partial charge in [-0.05, 0) is 44.1 Å². The quantitative estimate of drug-likeness (QED) is 0.827. The molecular weight excluding hydrogens is 236 g/mol. The molecule has 1 aliphatic carbocycles. The molecule has 1 aromatic heterocycles. The van der Waals surface area contributed by atoms with E-state index in [1.165, 1.54) is 37.8 Å². The van der Waals surface area contributed by atoms with Gasteiger partial charge in [-0.25, -0.2) is 0 Å². The molecule has 1 aliphatic rings. The van der Waals surface area contributed by atoms with Crippen LogP contribution < -0.4 is 0 Å². The molecule has 0 bridgehead atoms. The van der Waals surface area contributed by atoms with Crippen molar-refractivity contribution in [2.75, 3.05) is 0 Å². The van der Waals surface area contributed by atoms with E-state index >= 15 is 0 Å². The number of hydrogen-bond acceptors (Lipinski definition) is 2. The first-order valence-corrected chi connectivity index (χ1v) is 7.82. The van der Waals surface area contributed by atoms with Crippen LogP contribution in [-0.4, -0.2) is 20.5 Å². The van der Waals surface area contributed by atoms with Crippen LogP contribution in [0.2, 0.25) is 0 Å². The van der Waals surface area contributed by atoms with Gasteiger partial charge in [0.1, 0.15) is 0 Å². The fourth-order valence-electron chi connectivity index (χ4n) is 3.42. The minimum Gasteiger partial charge on any atom is -0.390 e. The second-order valence-corrected chi connectivity index (χ2v) is 6.26. The van der Waals surface area contributed by atoms with E-state index in [9.17, 15) is 5.11 Å². The Morgan fingerprint density at radius 2 is 2.26 bits per heavy atom. The molecular formula is C16H28N2O. The third-order valence-corrected chi connectivity index (χ3v) is 4.74. The summed E-state index contributed by atoms with van der Waals surface area (Å²) in [5.41, 5.74) is 0.787. The summed E-state index contributed by atoms with van der Waals surface area (Å²) in [6.07, 6.45) is 11.9. The summed E-state index contributed by atoms with van der Waals surface area (Å²) in [6, 6.07) is 2.06. The Morgan fingerprint density at radius 3 is 2.95 bits per heavy atom. The van der Waals surface area contributed by atoms with Gasteiger partial charge >= 0.3 is 0 Å². The highest BCUT2D eigenvalue weighted by molar-refractivity contribution is 5.01. The molecule has 1 aromatic rings. The molecule has 2 rings (SSSR count). The van der Waals surface area contributed by atoms with E-state index in [0.717, 1.165) is 31.6 Å². The second kappa shape index (κ2) is 6.56. The lowest BCUT2D eigenvalue weighted by atomic mass is 9.88. The number of aryl methyl sites for hydroxylation is 2. The van der Waals surface area contributed by atoms with Gasteiger partial charge in [0.05, 0.1) is 5.60 Å². The minimum atomic E-state index is -0.438. The molecule has 0 radical (unpaired) electrons. The monoisotopic (exact) mass is 264 g/mol. The van der Waals surface area contributed by atoms with Crippen molar-refractivity contribution in [1.82, 2.24) is 9.78 Å². The summed E-state index contributed by atoms with van der Waals surface area (Å²) in [5, 5.41) is 15.0. The number of rotatable bonds is 5. The van der Waals surface area contributed by atoms with Gasteiger partial charge in [-0.2, -0.15) is 5.10 Å². The standard InChI is InChI=1S/C16H28N2O/c1-3-5-14-6-4-10-16(19,11-7-14)12-8-15-9-13-17-18(15)2/h9,13-14,19H,3-8,10-12H2,1-2H3. The Labute approximate surface area is 117 Å². The predicted molar refractivity (Wildman–Crippen MR) is 78.0 cm³/mol. The number of aliphatic hydroxyl groups is 1. The van der Waals surface area contributed by atoms with Gasteiger partial charge < -0.3 is 5.11 Å². The van der Waals surface area contributed by atoms with Gasteiger partial charge in [0, 0.05) is 18.9 Å². The molecule has 1 fully saturated rings. The number of aromatic nitrogens is 2. The molecule has 0 aromatic carbocycles. The maximum Gasteiger partial charge on any atom is 0.0651 e. The van der Waals surface area contributed by atoms with Crippen LogP contribution in [0.25, 0.3) is 0 Å². The maximum atomic E-state index is 10.8. The van der Waals surface area contributed by atoms with Crippen molar-refractivity contribution in [2.45, 2.75) is 70.3 Å². The largest absolute Gasteiger partial charge is 0.390 e. The van der Waals surface area contributed by atoms with Crippen molar-refractivity contribution < 1.29 is 5.11 Å². The lowest BCUT2D eigenvalue weighted by molar-refractivity contribution is 0.0152. The zero-order chi connectivity index (χ0) is 13.7. The average Bonchev–Trinajstić information content (AvgIpc) is 2.70. The van der Waals surface area contributed by atoms with Crippen LogP contribution >= 0.6 is 0 Å².